The number of hydrogen-bond donors (Lipinski definition) is 2. The maximum absolute atomic E-state index is 8.95. The van der Waals surface area contributed by atoms with E-state index in [9.17, 15) is 0 Å². The van der Waals surface area contributed by atoms with Crippen molar-refractivity contribution in [3.05, 3.63) is 12.7 Å². The summed E-state index contributed by atoms with van der Waals surface area (Å²) >= 11 is 0. The van der Waals surface area contributed by atoms with Crippen molar-refractivity contribution >= 4 is 11.9 Å². The van der Waals surface area contributed by atoms with E-state index < -0.39 is 0 Å². The second kappa shape index (κ2) is 6.75. The molecule has 0 bridgehead atoms. The smallest absolute Gasteiger partial charge is 0.258 e. The van der Waals surface area contributed by atoms with Gasteiger partial charge in [-0.2, -0.15) is 24.7 Å². The van der Waals surface area contributed by atoms with Gasteiger partial charge in [0.2, 0.25) is 11.9 Å². The minimum absolute atomic E-state index is 0.135. The van der Waals surface area contributed by atoms with Crippen LogP contribution in [0.25, 0.3) is 5.95 Å². The lowest BCUT2D eigenvalue weighted by molar-refractivity contribution is 0.289. The Labute approximate surface area is 116 Å². The van der Waals surface area contributed by atoms with Crippen molar-refractivity contribution in [2.75, 3.05) is 37.0 Å². The number of rotatable bonds is 7. The molecule has 0 saturated carbocycles. The molecule has 0 unspecified atom stereocenters. The highest BCUT2D eigenvalue weighted by Gasteiger charge is 2.13. The zero-order valence-corrected chi connectivity index (χ0v) is 11.6. The molecular weight excluding hydrogens is 260 g/mol. The van der Waals surface area contributed by atoms with Crippen LogP contribution in [-0.2, 0) is 0 Å². The summed E-state index contributed by atoms with van der Waals surface area (Å²) in [5.74, 6) is 1.41. The zero-order chi connectivity index (χ0) is 14.4. The van der Waals surface area contributed by atoms with E-state index in [1.807, 2.05) is 11.8 Å². The average Bonchev–Trinajstić information content (AvgIpc) is 3.02. The fraction of sp³-hybridized carbons (Fsp3) is 0.545. The van der Waals surface area contributed by atoms with Crippen LogP contribution in [0.3, 0.4) is 0 Å². The molecule has 2 aromatic heterocycles. The van der Waals surface area contributed by atoms with Crippen LogP contribution < -0.4 is 10.2 Å². The second-order valence-electron chi connectivity index (χ2n) is 4.01. The molecule has 0 aromatic carbocycles. The molecule has 20 heavy (non-hydrogen) atoms. The van der Waals surface area contributed by atoms with Crippen molar-refractivity contribution in [3.8, 4) is 5.95 Å². The lowest BCUT2D eigenvalue weighted by Gasteiger charge is -2.20. The number of anilines is 2. The zero-order valence-electron chi connectivity index (χ0n) is 11.6. The van der Waals surface area contributed by atoms with Gasteiger partial charge in [0.1, 0.15) is 12.7 Å². The van der Waals surface area contributed by atoms with Gasteiger partial charge in [0, 0.05) is 26.7 Å². The van der Waals surface area contributed by atoms with Crippen LogP contribution in [-0.4, -0.2) is 61.6 Å². The SMILES string of the molecule is CCN(CCCO)c1nc(NC)nc(-n2cncn2)n1. The Morgan fingerprint density at radius 1 is 1.35 bits per heavy atom. The maximum atomic E-state index is 8.95. The summed E-state index contributed by atoms with van der Waals surface area (Å²) in [5.41, 5.74) is 0. The molecule has 0 aliphatic rings. The minimum atomic E-state index is 0.135. The van der Waals surface area contributed by atoms with Gasteiger partial charge in [-0.25, -0.2) is 4.98 Å². The van der Waals surface area contributed by atoms with Crippen molar-refractivity contribution in [2.24, 2.45) is 0 Å². The van der Waals surface area contributed by atoms with Crippen molar-refractivity contribution in [2.45, 2.75) is 13.3 Å². The Balaban J connectivity index is 2.34. The Kier molecular flexibility index (Phi) is 4.77. The van der Waals surface area contributed by atoms with E-state index in [4.69, 9.17) is 5.11 Å². The van der Waals surface area contributed by atoms with Crippen molar-refractivity contribution in [1.82, 2.24) is 29.7 Å². The van der Waals surface area contributed by atoms with Crippen LogP contribution in [0.15, 0.2) is 12.7 Å². The molecule has 9 heteroatoms. The van der Waals surface area contributed by atoms with Gasteiger partial charge in [-0.05, 0) is 13.3 Å². The predicted octanol–water partition coefficient (Wildman–Crippen LogP) is -0.297. The van der Waals surface area contributed by atoms with E-state index in [2.05, 4.69) is 30.4 Å². The summed E-state index contributed by atoms with van der Waals surface area (Å²) in [6.45, 7) is 3.56. The Morgan fingerprint density at radius 3 is 2.80 bits per heavy atom. The topological polar surface area (TPSA) is 105 Å². The van der Waals surface area contributed by atoms with Gasteiger partial charge in [0.05, 0.1) is 0 Å². The molecular formula is C11H18N8O. The molecule has 9 nitrogen and oxygen atoms in total. The lowest BCUT2D eigenvalue weighted by Crippen LogP contribution is -2.27. The largest absolute Gasteiger partial charge is 0.396 e. The quantitative estimate of drug-likeness (QED) is 0.711. The number of hydrogen-bond acceptors (Lipinski definition) is 8. The predicted molar refractivity (Wildman–Crippen MR) is 73.9 cm³/mol. The number of nitrogens with one attached hydrogen (secondary N) is 1. The molecule has 2 N–H and O–H groups in total. The molecule has 0 fully saturated rings. The van der Waals surface area contributed by atoms with Gasteiger partial charge >= 0.3 is 0 Å². The number of aliphatic hydroxyl groups excluding tert-OH is 1. The van der Waals surface area contributed by atoms with Crippen molar-refractivity contribution in [3.63, 3.8) is 0 Å². The van der Waals surface area contributed by atoms with Crippen LogP contribution in [0.2, 0.25) is 0 Å². The Morgan fingerprint density at radius 2 is 2.20 bits per heavy atom. The first-order valence-electron chi connectivity index (χ1n) is 6.43. The number of aliphatic hydroxyl groups is 1. The Bertz CT molecular complexity index is 529. The summed E-state index contributed by atoms with van der Waals surface area (Å²) in [6, 6.07) is 0. The summed E-state index contributed by atoms with van der Waals surface area (Å²) in [4.78, 5) is 18.8. The first-order valence-corrected chi connectivity index (χ1v) is 6.43. The van der Waals surface area contributed by atoms with Crippen LogP contribution in [0, 0.1) is 0 Å². The molecule has 0 aliphatic heterocycles. The molecule has 2 heterocycles. The highest BCUT2D eigenvalue weighted by atomic mass is 16.3. The lowest BCUT2D eigenvalue weighted by atomic mass is 10.4. The number of aromatic nitrogens is 6. The van der Waals surface area contributed by atoms with E-state index in [0.29, 0.717) is 30.8 Å². The molecule has 0 spiro atoms. The van der Waals surface area contributed by atoms with Crippen molar-refractivity contribution < 1.29 is 5.11 Å². The fourth-order valence-corrected chi connectivity index (χ4v) is 1.68. The van der Waals surface area contributed by atoms with E-state index >= 15 is 0 Å². The van der Waals surface area contributed by atoms with Gasteiger partial charge in [-0.3, -0.25) is 0 Å². The molecule has 0 radical (unpaired) electrons. The summed E-state index contributed by atoms with van der Waals surface area (Å²) in [6.07, 6.45) is 3.61. The normalized spacial score (nSPS) is 10.6. The monoisotopic (exact) mass is 278 g/mol. The van der Waals surface area contributed by atoms with Gasteiger partial charge in [-0.1, -0.05) is 0 Å². The third-order valence-electron chi connectivity index (χ3n) is 2.71. The van der Waals surface area contributed by atoms with E-state index in [0.717, 1.165) is 6.54 Å². The first kappa shape index (κ1) is 14.1. The van der Waals surface area contributed by atoms with Crippen LogP contribution in [0.4, 0.5) is 11.9 Å². The fourth-order valence-electron chi connectivity index (χ4n) is 1.68. The molecule has 2 aromatic rings. The van der Waals surface area contributed by atoms with Crippen molar-refractivity contribution in [1.29, 1.82) is 0 Å². The third kappa shape index (κ3) is 3.18. The summed E-state index contributed by atoms with van der Waals surface area (Å²) in [7, 11) is 1.74. The van der Waals surface area contributed by atoms with Gasteiger partial charge in [0.25, 0.3) is 5.95 Å². The maximum Gasteiger partial charge on any atom is 0.258 e. The standard InChI is InChI=1S/C11H18N8O/c1-3-18(5-4-6-20)10-15-9(12-2)16-11(17-10)19-8-13-7-14-19/h7-8,20H,3-6H2,1-2H3,(H,12,15,16,17). The molecule has 0 atom stereocenters. The highest BCUT2D eigenvalue weighted by Crippen LogP contribution is 2.12. The molecule has 2 rings (SSSR count). The summed E-state index contributed by atoms with van der Waals surface area (Å²) < 4.78 is 1.48. The molecule has 0 saturated heterocycles. The third-order valence-corrected chi connectivity index (χ3v) is 2.71. The van der Waals surface area contributed by atoms with Crippen LogP contribution >= 0.6 is 0 Å². The van der Waals surface area contributed by atoms with E-state index in [1.54, 1.807) is 7.05 Å². The summed E-state index contributed by atoms with van der Waals surface area (Å²) in [5, 5.41) is 15.9. The Hall–Kier alpha value is -2.29. The minimum Gasteiger partial charge on any atom is -0.396 e. The van der Waals surface area contributed by atoms with Crippen LogP contribution in [0.5, 0.6) is 0 Å². The molecule has 108 valence electrons. The van der Waals surface area contributed by atoms with Gasteiger partial charge in [-0.15, -0.1) is 0 Å². The first-order chi connectivity index (χ1) is 9.78. The molecule has 0 aliphatic carbocycles. The molecule has 0 amide bonds. The number of nitrogens with zero attached hydrogens (tertiary/aromatic N) is 7. The second-order valence-corrected chi connectivity index (χ2v) is 4.01. The van der Waals surface area contributed by atoms with Gasteiger partial charge in [0.15, 0.2) is 0 Å². The highest BCUT2D eigenvalue weighted by molar-refractivity contribution is 5.39. The van der Waals surface area contributed by atoms with Crippen LogP contribution in [0.1, 0.15) is 13.3 Å². The van der Waals surface area contributed by atoms with E-state index in [1.165, 1.54) is 17.3 Å². The average molecular weight is 278 g/mol. The van der Waals surface area contributed by atoms with Gasteiger partial charge < -0.3 is 15.3 Å². The van der Waals surface area contributed by atoms with E-state index in [-0.39, 0.29) is 6.61 Å².